The van der Waals surface area contributed by atoms with E-state index in [0.29, 0.717) is 0 Å². The SMILES string of the molecule is CC(=O)NCCOc1cc(O)c2c(c1)/C=C/CC(O)[C@H](O)C(=O)/C=C\[C@@H](C)[C@H](C)OC2=O. The molecular formula is C23H29NO8. The number of aliphatic hydroxyl groups excluding tert-OH is 2. The first-order valence-electron chi connectivity index (χ1n) is 10.3. The van der Waals surface area contributed by atoms with Gasteiger partial charge in [-0.3, -0.25) is 9.59 Å². The highest BCUT2D eigenvalue weighted by molar-refractivity contribution is 5.97. The summed E-state index contributed by atoms with van der Waals surface area (Å²) in [5.74, 6) is -2.09. The zero-order chi connectivity index (χ0) is 23.8. The number of hydrogen-bond acceptors (Lipinski definition) is 8. The van der Waals surface area contributed by atoms with Crippen LogP contribution in [0.4, 0.5) is 0 Å². The predicted octanol–water partition coefficient (Wildman–Crippen LogP) is 1.35. The number of carbonyl (C=O) groups is 3. The van der Waals surface area contributed by atoms with Crippen molar-refractivity contribution in [2.24, 2.45) is 5.92 Å². The minimum absolute atomic E-state index is 0.0738. The lowest BCUT2D eigenvalue weighted by atomic mass is 9.99. The van der Waals surface area contributed by atoms with Gasteiger partial charge in [0.05, 0.1) is 12.6 Å². The molecule has 0 fully saturated rings. The number of phenolic OH excluding ortho intramolecular Hbond substituents is 1. The van der Waals surface area contributed by atoms with E-state index in [2.05, 4.69) is 5.32 Å². The standard InChI is InChI=1S/C23H29NO8/c1-13-7-8-19(27)22(29)18(26)6-4-5-16-11-17(31-10-9-24-15(3)25)12-20(28)21(16)23(30)32-14(13)2/h4-5,7-8,11-14,18,22,26,28-29H,6,9-10H2,1-3H3,(H,24,25)/b5-4+,8-7-/t13-,14+,18?,22+/m1/s1. The van der Waals surface area contributed by atoms with Crippen LogP contribution in [0.5, 0.6) is 11.5 Å². The summed E-state index contributed by atoms with van der Waals surface area (Å²) in [6.07, 6.45) is 1.93. The zero-order valence-corrected chi connectivity index (χ0v) is 18.3. The molecule has 1 unspecified atom stereocenters. The van der Waals surface area contributed by atoms with Crippen molar-refractivity contribution in [3.8, 4) is 11.5 Å². The molecule has 0 radical (unpaired) electrons. The first-order valence-corrected chi connectivity index (χ1v) is 10.3. The number of aromatic hydroxyl groups is 1. The van der Waals surface area contributed by atoms with Gasteiger partial charge in [0, 0.05) is 18.9 Å². The summed E-state index contributed by atoms with van der Waals surface area (Å²) >= 11 is 0. The number of rotatable bonds is 4. The molecule has 1 amide bonds. The van der Waals surface area contributed by atoms with E-state index >= 15 is 0 Å². The highest BCUT2D eigenvalue weighted by atomic mass is 16.5. The Balaban J connectivity index is 2.38. The van der Waals surface area contributed by atoms with E-state index < -0.39 is 30.1 Å². The molecule has 1 heterocycles. The van der Waals surface area contributed by atoms with E-state index in [1.54, 1.807) is 13.8 Å². The van der Waals surface area contributed by atoms with Crippen LogP contribution in [0.15, 0.2) is 30.4 Å². The van der Waals surface area contributed by atoms with Gasteiger partial charge < -0.3 is 30.1 Å². The number of aliphatic hydroxyl groups is 2. The fourth-order valence-electron chi connectivity index (χ4n) is 2.94. The van der Waals surface area contributed by atoms with Gasteiger partial charge in [0.2, 0.25) is 5.91 Å². The van der Waals surface area contributed by atoms with Crippen LogP contribution in [-0.4, -0.2) is 64.4 Å². The largest absolute Gasteiger partial charge is 0.507 e. The molecule has 1 aliphatic heterocycles. The van der Waals surface area contributed by atoms with Crippen molar-refractivity contribution in [3.05, 3.63) is 41.5 Å². The molecule has 174 valence electrons. The van der Waals surface area contributed by atoms with Crippen LogP contribution in [0.25, 0.3) is 6.08 Å². The lowest BCUT2D eigenvalue weighted by Gasteiger charge is -2.20. The molecule has 0 saturated carbocycles. The van der Waals surface area contributed by atoms with Gasteiger partial charge in [0.1, 0.15) is 35.9 Å². The van der Waals surface area contributed by atoms with Gasteiger partial charge in [-0.05, 0) is 31.1 Å². The Morgan fingerprint density at radius 2 is 1.94 bits per heavy atom. The van der Waals surface area contributed by atoms with Gasteiger partial charge in [-0.25, -0.2) is 4.79 Å². The smallest absolute Gasteiger partial charge is 0.342 e. The Bertz CT molecular complexity index is 908. The summed E-state index contributed by atoms with van der Waals surface area (Å²) < 4.78 is 11.0. The number of carbonyl (C=O) groups excluding carboxylic acids is 3. The summed E-state index contributed by atoms with van der Waals surface area (Å²) in [5.41, 5.74) is 0.187. The minimum Gasteiger partial charge on any atom is -0.507 e. The van der Waals surface area contributed by atoms with Crippen molar-refractivity contribution >= 4 is 23.7 Å². The second-order valence-electron chi connectivity index (χ2n) is 7.62. The Kier molecular flexibility index (Phi) is 8.98. The molecule has 9 heteroatoms. The molecule has 9 nitrogen and oxygen atoms in total. The second-order valence-corrected chi connectivity index (χ2v) is 7.62. The number of ketones is 1. The number of amides is 1. The summed E-state index contributed by atoms with van der Waals surface area (Å²) in [4.78, 5) is 35.8. The Morgan fingerprint density at radius 1 is 1.22 bits per heavy atom. The molecular weight excluding hydrogens is 418 g/mol. The minimum atomic E-state index is -1.60. The number of fused-ring (bicyclic) bond motifs is 1. The first-order chi connectivity index (χ1) is 15.1. The van der Waals surface area contributed by atoms with E-state index in [0.717, 1.165) is 6.08 Å². The Morgan fingerprint density at radius 3 is 2.62 bits per heavy atom. The second kappa shape index (κ2) is 11.4. The molecule has 0 aliphatic carbocycles. The molecule has 0 saturated heterocycles. The van der Waals surface area contributed by atoms with Crippen molar-refractivity contribution < 1.29 is 39.2 Å². The van der Waals surface area contributed by atoms with Crippen molar-refractivity contribution in [2.45, 2.75) is 45.5 Å². The molecule has 1 aliphatic rings. The lowest BCUT2D eigenvalue weighted by Crippen LogP contribution is -2.32. The maximum Gasteiger partial charge on any atom is 0.342 e. The fourth-order valence-corrected chi connectivity index (χ4v) is 2.94. The van der Waals surface area contributed by atoms with Crippen LogP contribution in [0.2, 0.25) is 0 Å². The van der Waals surface area contributed by atoms with Gasteiger partial charge in [-0.2, -0.15) is 0 Å². The number of hydrogen-bond donors (Lipinski definition) is 4. The third-order valence-electron chi connectivity index (χ3n) is 5.00. The molecule has 0 aromatic heterocycles. The van der Waals surface area contributed by atoms with E-state index in [4.69, 9.17) is 9.47 Å². The number of benzene rings is 1. The van der Waals surface area contributed by atoms with Gasteiger partial charge in [-0.1, -0.05) is 25.2 Å². The van der Waals surface area contributed by atoms with Gasteiger partial charge >= 0.3 is 5.97 Å². The van der Waals surface area contributed by atoms with Crippen molar-refractivity contribution in [1.29, 1.82) is 0 Å². The third-order valence-corrected chi connectivity index (χ3v) is 5.00. The molecule has 0 bridgehead atoms. The lowest BCUT2D eigenvalue weighted by molar-refractivity contribution is -0.127. The number of ether oxygens (including phenoxy) is 2. The fraction of sp³-hybridized carbons (Fsp3) is 0.435. The van der Waals surface area contributed by atoms with E-state index in [9.17, 15) is 29.7 Å². The average Bonchev–Trinajstić information content (AvgIpc) is 2.72. The predicted molar refractivity (Wildman–Crippen MR) is 116 cm³/mol. The Hall–Kier alpha value is -3.17. The highest BCUT2D eigenvalue weighted by Gasteiger charge is 2.25. The van der Waals surface area contributed by atoms with Crippen LogP contribution in [0.3, 0.4) is 0 Å². The van der Waals surface area contributed by atoms with Crippen molar-refractivity contribution in [3.63, 3.8) is 0 Å². The van der Waals surface area contributed by atoms with Crippen LogP contribution in [0, 0.1) is 5.92 Å². The quantitative estimate of drug-likeness (QED) is 0.400. The molecule has 4 N–H and O–H groups in total. The van der Waals surface area contributed by atoms with E-state index in [1.165, 1.54) is 37.3 Å². The molecule has 32 heavy (non-hydrogen) atoms. The Labute approximate surface area is 186 Å². The summed E-state index contributed by atoms with van der Waals surface area (Å²) in [7, 11) is 0. The molecule has 4 atom stereocenters. The van der Waals surface area contributed by atoms with Crippen LogP contribution in [0.1, 0.15) is 43.1 Å². The van der Waals surface area contributed by atoms with Crippen molar-refractivity contribution in [2.75, 3.05) is 13.2 Å². The van der Waals surface area contributed by atoms with E-state index in [-0.39, 0.29) is 54.0 Å². The van der Waals surface area contributed by atoms with Crippen LogP contribution in [-0.2, 0) is 14.3 Å². The van der Waals surface area contributed by atoms with Gasteiger partial charge in [0.15, 0.2) is 5.78 Å². The first kappa shape index (κ1) is 25.1. The van der Waals surface area contributed by atoms with Gasteiger partial charge in [-0.15, -0.1) is 0 Å². The maximum atomic E-state index is 12.8. The van der Waals surface area contributed by atoms with Gasteiger partial charge in [0.25, 0.3) is 0 Å². The third kappa shape index (κ3) is 6.93. The number of esters is 1. The maximum absolute atomic E-state index is 12.8. The summed E-state index contributed by atoms with van der Waals surface area (Å²) in [6, 6.07) is 2.78. The van der Waals surface area contributed by atoms with Crippen LogP contribution >= 0.6 is 0 Å². The normalized spacial score (nSPS) is 26.3. The van der Waals surface area contributed by atoms with Crippen molar-refractivity contribution in [1.82, 2.24) is 5.32 Å². The number of cyclic esters (lactones) is 1. The highest BCUT2D eigenvalue weighted by Crippen LogP contribution is 2.31. The topological polar surface area (TPSA) is 142 Å². The van der Waals surface area contributed by atoms with E-state index in [1.807, 2.05) is 0 Å². The summed E-state index contributed by atoms with van der Waals surface area (Å²) in [6.45, 7) is 5.14. The molecule has 0 spiro atoms. The zero-order valence-electron chi connectivity index (χ0n) is 18.3. The molecule has 1 aromatic rings. The monoisotopic (exact) mass is 447 g/mol. The molecule has 2 rings (SSSR count). The average molecular weight is 447 g/mol. The number of nitrogens with one attached hydrogen (secondary N) is 1. The van der Waals surface area contributed by atoms with Crippen LogP contribution < -0.4 is 10.1 Å². The number of phenols is 1. The molecule has 1 aromatic carbocycles. The summed E-state index contributed by atoms with van der Waals surface area (Å²) in [5, 5.41) is 33.2.